The molecule has 2 aromatic heterocycles. The summed E-state index contributed by atoms with van der Waals surface area (Å²) in [5.41, 5.74) is 0.809. The number of ether oxygens (including phenoxy) is 1. The van der Waals surface area contributed by atoms with Gasteiger partial charge in [0.2, 0.25) is 5.95 Å². The number of hydrogen-bond acceptors (Lipinski definition) is 4. The Hall–Kier alpha value is -1.14. The molecular weight excluding hydrogens is 308 g/mol. The van der Waals surface area contributed by atoms with E-state index < -0.39 is 0 Å². The third kappa shape index (κ3) is 3.45. The van der Waals surface area contributed by atoms with Crippen LogP contribution >= 0.6 is 15.9 Å². The predicted molar refractivity (Wildman–Crippen MR) is 79.4 cm³/mol. The molecule has 1 unspecified atom stereocenters. The van der Waals surface area contributed by atoms with E-state index in [0.717, 1.165) is 16.7 Å². The first-order chi connectivity index (χ1) is 9.11. The molecule has 0 aliphatic rings. The fourth-order valence-electron chi connectivity index (χ4n) is 1.75. The molecule has 0 saturated carbocycles. The topological polar surface area (TPSA) is 51.5 Å². The van der Waals surface area contributed by atoms with Crippen molar-refractivity contribution in [2.75, 3.05) is 18.5 Å². The molecule has 0 amide bonds. The van der Waals surface area contributed by atoms with E-state index in [1.165, 1.54) is 0 Å². The Morgan fingerprint density at radius 2 is 2.26 bits per heavy atom. The Labute approximate surface area is 121 Å². The summed E-state index contributed by atoms with van der Waals surface area (Å²) in [6, 6.07) is 4.08. The van der Waals surface area contributed by atoms with E-state index in [1.54, 1.807) is 4.52 Å². The fourth-order valence-corrected chi connectivity index (χ4v) is 2.17. The van der Waals surface area contributed by atoms with Crippen molar-refractivity contribution >= 4 is 27.5 Å². The number of halogens is 1. The first-order valence-electron chi connectivity index (χ1n) is 6.47. The van der Waals surface area contributed by atoms with E-state index in [0.29, 0.717) is 18.5 Å². The van der Waals surface area contributed by atoms with Crippen LogP contribution in [0.4, 0.5) is 5.95 Å². The van der Waals surface area contributed by atoms with E-state index in [1.807, 2.05) is 25.3 Å². The molecule has 0 radical (unpaired) electrons. The number of nitrogens with one attached hydrogen (secondary N) is 1. The molecule has 5 nitrogen and oxygen atoms in total. The van der Waals surface area contributed by atoms with Gasteiger partial charge in [0.1, 0.15) is 0 Å². The average molecular weight is 327 g/mol. The van der Waals surface area contributed by atoms with Gasteiger partial charge in [-0.05, 0) is 40.9 Å². The Morgan fingerprint density at radius 1 is 1.47 bits per heavy atom. The van der Waals surface area contributed by atoms with E-state index in [2.05, 4.69) is 45.2 Å². The van der Waals surface area contributed by atoms with Gasteiger partial charge < -0.3 is 10.1 Å². The maximum Gasteiger partial charge on any atom is 0.243 e. The van der Waals surface area contributed by atoms with Crippen molar-refractivity contribution in [3.63, 3.8) is 0 Å². The number of aromatic nitrogens is 3. The second kappa shape index (κ2) is 6.34. The van der Waals surface area contributed by atoms with Gasteiger partial charge in [0.05, 0.1) is 17.1 Å². The molecule has 1 N–H and O–H groups in total. The van der Waals surface area contributed by atoms with Crippen LogP contribution in [-0.2, 0) is 4.74 Å². The van der Waals surface area contributed by atoms with E-state index in [4.69, 9.17) is 4.74 Å². The highest BCUT2D eigenvalue weighted by Gasteiger charge is 2.16. The van der Waals surface area contributed by atoms with Gasteiger partial charge in [-0.25, -0.2) is 4.52 Å². The fraction of sp³-hybridized carbons (Fsp3) is 0.538. The molecular formula is C13H19BrN4O. The predicted octanol–water partition coefficient (Wildman–Crippen LogP) is 2.96. The highest BCUT2D eigenvalue weighted by atomic mass is 79.9. The molecule has 0 fully saturated rings. The van der Waals surface area contributed by atoms with Crippen LogP contribution in [0.1, 0.15) is 20.8 Å². The summed E-state index contributed by atoms with van der Waals surface area (Å²) in [4.78, 5) is 4.48. The lowest BCUT2D eigenvalue weighted by Gasteiger charge is -2.20. The molecule has 2 heterocycles. The van der Waals surface area contributed by atoms with E-state index in [-0.39, 0.29) is 6.04 Å². The summed E-state index contributed by atoms with van der Waals surface area (Å²) in [6.07, 6.45) is 1.88. The number of hydrogen-bond donors (Lipinski definition) is 1. The second-order valence-electron chi connectivity index (χ2n) is 4.71. The molecule has 19 heavy (non-hydrogen) atoms. The van der Waals surface area contributed by atoms with Crippen molar-refractivity contribution in [3.05, 3.63) is 22.8 Å². The lowest BCUT2D eigenvalue weighted by Crippen LogP contribution is -2.31. The van der Waals surface area contributed by atoms with Crippen LogP contribution in [0, 0.1) is 5.92 Å². The minimum atomic E-state index is 0.205. The Bertz CT molecular complexity index is 540. The zero-order chi connectivity index (χ0) is 13.8. The molecule has 0 bridgehead atoms. The maximum atomic E-state index is 5.49. The zero-order valence-corrected chi connectivity index (χ0v) is 13.0. The Morgan fingerprint density at radius 3 is 2.89 bits per heavy atom. The van der Waals surface area contributed by atoms with Crippen molar-refractivity contribution in [2.45, 2.75) is 26.8 Å². The van der Waals surface area contributed by atoms with Gasteiger partial charge in [0.25, 0.3) is 0 Å². The number of fused-ring (bicyclic) bond motifs is 1. The minimum Gasteiger partial charge on any atom is -0.380 e. The smallest absolute Gasteiger partial charge is 0.243 e. The van der Waals surface area contributed by atoms with E-state index >= 15 is 0 Å². The Balaban J connectivity index is 2.17. The summed E-state index contributed by atoms with van der Waals surface area (Å²) >= 11 is 3.47. The van der Waals surface area contributed by atoms with Gasteiger partial charge in [0.15, 0.2) is 5.65 Å². The molecule has 0 aliphatic carbocycles. The molecule has 2 aromatic rings. The lowest BCUT2D eigenvalue weighted by molar-refractivity contribution is 0.126. The van der Waals surface area contributed by atoms with Crippen molar-refractivity contribution in [1.82, 2.24) is 14.6 Å². The minimum absolute atomic E-state index is 0.205. The molecule has 6 heteroatoms. The highest BCUT2D eigenvalue weighted by molar-refractivity contribution is 9.10. The highest BCUT2D eigenvalue weighted by Crippen LogP contribution is 2.18. The standard InChI is InChI=1S/C13H19BrN4O/c1-4-19-8-11(9(2)3)15-13-16-12-10(14)6-5-7-18(12)17-13/h5-7,9,11H,4,8H2,1-3H3,(H,15,17). The Kier molecular flexibility index (Phi) is 4.76. The van der Waals surface area contributed by atoms with Crippen LogP contribution in [0.3, 0.4) is 0 Å². The van der Waals surface area contributed by atoms with Crippen molar-refractivity contribution in [3.8, 4) is 0 Å². The van der Waals surface area contributed by atoms with Crippen LogP contribution < -0.4 is 5.32 Å². The van der Waals surface area contributed by atoms with Gasteiger partial charge in [-0.2, -0.15) is 4.98 Å². The summed E-state index contributed by atoms with van der Waals surface area (Å²) in [5, 5.41) is 7.75. The van der Waals surface area contributed by atoms with Gasteiger partial charge in [0, 0.05) is 12.8 Å². The first kappa shape index (κ1) is 14.3. The van der Waals surface area contributed by atoms with Crippen LogP contribution in [0.5, 0.6) is 0 Å². The molecule has 0 saturated heterocycles. The molecule has 104 valence electrons. The zero-order valence-electron chi connectivity index (χ0n) is 11.4. The van der Waals surface area contributed by atoms with Crippen LogP contribution in [-0.4, -0.2) is 33.9 Å². The quantitative estimate of drug-likeness (QED) is 0.886. The van der Waals surface area contributed by atoms with Crippen molar-refractivity contribution in [2.24, 2.45) is 5.92 Å². The summed E-state index contributed by atoms with van der Waals surface area (Å²) in [5.74, 6) is 1.08. The lowest BCUT2D eigenvalue weighted by atomic mass is 10.1. The monoisotopic (exact) mass is 326 g/mol. The summed E-state index contributed by atoms with van der Waals surface area (Å²) < 4.78 is 8.18. The molecule has 0 aromatic carbocycles. The normalized spacial score (nSPS) is 13.1. The number of anilines is 1. The van der Waals surface area contributed by atoms with Gasteiger partial charge >= 0.3 is 0 Å². The number of rotatable bonds is 6. The molecule has 0 spiro atoms. The second-order valence-corrected chi connectivity index (χ2v) is 5.57. The van der Waals surface area contributed by atoms with Gasteiger partial charge in [-0.15, -0.1) is 5.10 Å². The first-order valence-corrected chi connectivity index (χ1v) is 7.26. The van der Waals surface area contributed by atoms with Crippen molar-refractivity contribution in [1.29, 1.82) is 0 Å². The molecule has 2 rings (SSSR count). The SMILES string of the molecule is CCOCC(Nc1nc2c(Br)cccn2n1)C(C)C. The van der Waals surface area contributed by atoms with Crippen LogP contribution in [0.15, 0.2) is 22.8 Å². The van der Waals surface area contributed by atoms with Crippen LogP contribution in [0.2, 0.25) is 0 Å². The number of pyridine rings is 1. The summed E-state index contributed by atoms with van der Waals surface area (Å²) in [6.45, 7) is 7.68. The third-order valence-electron chi connectivity index (χ3n) is 2.94. The number of nitrogens with zero attached hydrogens (tertiary/aromatic N) is 3. The van der Waals surface area contributed by atoms with Gasteiger partial charge in [-0.3, -0.25) is 0 Å². The molecule has 1 atom stereocenters. The van der Waals surface area contributed by atoms with Crippen LogP contribution in [0.25, 0.3) is 5.65 Å². The third-order valence-corrected chi connectivity index (χ3v) is 3.55. The maximum absolute atomic E-state index is 5.49. The molecule has 0 aliphatic heterocycles. The van der Waals surface area contributed by atoms with E-state index in [9.17, 15) is 0 Å². The largest absolute Gasteiger partial charge is 0.380 e. The average Bonchev–Trinajstić information content (AvgIpc) is 2.78. The van der Waals surface area contributed by atoms with Crippen molar-refractivity contribution < 1.29 is 4.74 Å². The van der Waals surface area contributed by atoms with Gasteiger partial charge in [-0.1, -0.05) is 13.8 Å². The summed E-state index contributed by atoms with van der Waals surface area (Å²) in [7, 11) is 0.